The molecule has 33 heavy (non-hydrogen) atoms. The van der Waals surface area contributed by atoms with Crippen molar-refractivity contribution < 1.29 is 4.79 Å². The molecule has 182 valence electrons. The predicted molar refractivity (Wildman–Crippen MR) is 144 cm³/mol. The lowest BCUT2D eigenvalue weighted by Gasteiger charge is -2.32. The Bertz CT molecular complexity index is 843. The van der Waals surface area contributed by atoms with Crippen LogP contribution in [0.15, 0.2) is 28.2 Å². The van der Waals surface area contributed by atoms with Gasteiger partial charge in [0.05, 0.1) is 0 Å². The van der Waals surface area contributed by atoms with E-state index in [2.05, 4.69) is 64.6 Å². The molecule has 1 fully saturated rings. The van der Waals surface area contributed by atoms with Gasteiger partial charge in [-0.05, 0) is 68.3 Å². The van der Waals surface area contributed by atoms with Gasteiger partial charge in [-0.2, -0.15) is 0 Å². The average molecular weight is 473 g/mol. The highest BCUT2D eigenvalue weighted by atomic mass is 32.1. The van der Waals surface area contributed by atoms with Crippen LogP contribution in [0.3, 0.4) is 0 Å². The third kappa shape index (κ3) is 9.12. The van der Waals surface area contributed by atoms with Gasteiger partial charge in [-0.15, -0.1) is 0 Å². The van der Waals surface area contributed by atoms with Gasteiger partial charge in [0, 0.05) is 38.6 Å². The molecule has 0 aliphatic carbocycles. The number of benzene rings is 1. The second kappa shape index (κ2) is 13.9. The molecular formula is C25H40N6OS. The van der Waals surface area contributed by atoms with E-state index in [1.807, 2.05) is 18.3 Å². The first-order chi connectivity index (χ1) is 15.8. The summed E-state index contributed by atoms with van der Waals surface area (Å²) >= 11 is 5.34. The lowest BCUT2D eigenvalue weighted by atomic mass is 9.94. The number of carbonyl (C=O) groups is 1. The maximum absolute atomic E-state index is 12.3. The van der Waals surface area contributed by atoms with Crippen LogP contribution in [0.25, 0.3) is 0 Å². The first kappa shape index (κ1) is 26.8. The van der Waals surface area contributed by atoms with E-state index in [9.17, 15) is 4.79 Å². The lowest BCUT2D eigenvalue weighted by Crippen LogP contribution is -2.43. The van der Waals surface area contributed by atoms with Gasteiger partial charge >= 0.3 is 6.03 Å². The molecule has 2 amide bonds. The van der Waals surface area contributed by atoms with Crippen LogP contribution in [-0.4, -0.2) is 54.9 Å². The number of thiocarbonyl (C=S) groups is 1. The monoisotopic (exact) mass is 472 g/mol. The Labute approximate surface area is 204 Å². The molecule has 3 N–H and O–H groups in total. The number of anilines is 1. The number of unbranched alkanes of at least 4 members (excludes halogenated alkanes) is 1. The molecule has 1 heterocycles. The van der Waals surface area contributed by atoms with E-state index in [0.29, 0.717) is 23.5 Å². The third-order valence-electron chi connectivity index (χ3n) is 5.86. The number of carbonyl (C=O) groups excluding carboxylic acids is 1. The number of hydrogen-bond acceptors (Lipinski definition) is 3. The van der Waals surface area contributed by atoms with Crippen LogP contribution in [0, 0.1) is 12.8 Å². The number of nitrogens with zero attached hydrogens (tertiary/aromatic N) is 3. The van der Waals surface area contributed by atoms with Crippen LogP contribution in [0.1, 0.15) is 69.9 Å². The molecule has 0 unspecified atom stereocenters. The molecule has 1 aliphatic rings. The fourth-order valence-corrected chi connectivity index (χ4v) is 4.14. The van der Waals surface area contributed by atoms with Gasteiger partial charge in [0.15, 0.2) is 5.11 Å². The van der Waals surface area contributed by atoms with Crippen molar-refractivity contribution in [3.8, 4) is 0 Å². The van der Waals surface area contributed by atoms with Crippen LogP contribution < -0.4 is 16.0 Å². The summed E-state index contributed by atoms with van der Waals surface area (Å²) in [6, 6.07) is 5.92. The molecule has 0 spiro atoms. The SMILES string of the molecule is CCCC=NC(=NC)N1CCC(CCNC(=O)NC(=S)Nc2ccc(C)cc2C(C)C)CC1. The Balaban J connectivity index is 1.70. The Morgan fingerprint density at radius 2 is 2.03 bits per heavy atom. The molecule has 2 rings (SSSR count). The molecule has 0 saturated carbocycles. The van der Waals surface area contributed by atoms with Crippen molar-refractivity contribution in [3.05, 3.63) is 29.3 Å². The summed E-state index contributed by atoms with van der Waals surface area (Å²) in [5, 5.41) is 9.13. The van der Waals surface area contributed by atoms with E-state index in [1.165, 1.54) is 11.1 Å². The molecule has 0 atom stereocenters. The van der Waals surface area contributed by atoms with Gasteiger partial charge < -0.3 is 15.5 Å². The Morgan fingerprint density at radius 3 is 2.67 bits per heavy atom. The molecule has 1 aromatic rings. The van der Waals surface area contributed by atoms with E-state index in [-0.39, 0.29) is 6.03 Å². The van der Waals surface area contributed by atoms with E-state index < -0.39 is 0 Å². The molecule has 8 heteroatoms. The number of likely N-dealkylation sites (tertiary alicyclic amines) is 1. The van der Waals surface area contributed by atoms with Crippen molar-refractivity contribution >= 4 is 41.2 Å². The van der Waals surface area contributed by atoms with Gasteiger partial charge in [0.1, 0.15) is 0 Å². The quantitative estimate of drug-likeness (QED) is 0.294. The highest BCUT2D eigenvalue weighted by Crippen LogP contribution is 2.25. The maximum atomic E-state index is 12.3. The van der Waals surface area contributed by atoms with Gasteiger partial charge in [0.2, 0.25) is 5.96 Å². The van der Waals surface area contributed by atoms with Crippen LogP contribution in [-0.2, 0) is 0 Å². The number of nitrogens with one attached hydrogen (secondary N) is 3. The molecule has 7 nitrogen and oxygen atoms in total. The van der Waals surface area contributed by atoms with Crippen LogP contribution in [0.2, 0.25) is 0 Å². The van der Waals surface area contributed by atoms with Gasteiger partial charge in [0.25, 0.3) is 0 Å². The van der Waals surface area contributed by atoms with Crippen LogP contribution in [0.5, 0.6) is 0 Å². The minimum atomic E-state index is -0.270. The molecule has 1 aromatic carbocycles. The highest BCUT2D eigenvalue weighted by Gasteiger charge is 2.21. The van der Waals surface area contributed by atoms with Crippen molar-refractivity contribution in [2.75, 3.05) is 32.0 Å². The second-order valence-corrected chi connectivity index (χ2v) is 9.33. The summed E-state index contributed by atoms with van der Waals surface area (Å²) in [4.78, 5) is 23.4. The minimum Gasteiger partial charge on any atom is -0.341 e. The lowest BCUT2D eigenvalue weighted by molar-refractivity contribution is 0.237. The maximum Gasteiger partial charge on any atom is 0.321 e. The summed E-state index contributed by atoms with van der Waals surface area (Å²) in [5.41, 5.74) is 3.31. The zero-order valence-corrected chi connectivity index (χ0v) is 21.6. The van der Waals surface area contributed by atoms with Crippen molar-refractivity contribution in [1.82, 2.24) is 15.5 Å². The molecule has 0 radical (unpaired) electrons. The van der Waals surface area contributed by atoms with E-state index in [4.69, 9.17) is 12.2 Å². The third-order valence-corrected chi connectivity index (χ3v) is 6.07. The Hall–Kier alpha value is -2.48. The molecule has 1 saturated heterocycles. The van der Waals surface area contributed by atoms with Crippen molar-refractivity contribution in [2.24, 2.45) is 15.9 Å². The number of aliphatic imine (C=N–C) groups is 2. The standard InChI is InChI=1S/C25H40N6OS/c1-6-7-13-27-23(26-5)31-15-11-20(12-16-31)10-14-28-24(32)30-25(33)29-22-9-8-19(4)17-21(22)18(2)3/h8-9,13,17-18,20H,6-7,10-12,14-16H2,1-5H3,(H3,28,29,30,32,33). The number of hydrogen-bond donors (Lipinski definition) is 3. The first-order valence-electron chi connectivity index (χ1n) is 12.0. The van der Waals surface area contributed by atoms with Crippen LogP contribution in [0.4, 0.5) is 10.5 Å². The van der Waals surface area contributed by atoms with E-state index in [1.54, 1.807) is 7.05 Å². The average Bonchev–Trinajstić information content (AvgIpc) is 2.78. The number of rotatable bonds is 7. The van der Waals surface area contributed by atoms with Gasteiger partial charge in [-0.3, -0.25) is 10.3 Å². The summed E-state index contributed by atoms with van der Waals surface area (Å²) < 4.78 is 0. The molecule has 1 aliphatic heterocycles. The summed E-state index contributed by atoms with van der Waals surface area (Å²) in [7, 11) is 1.80. The zero-order valence-electron chi connectivity index (χ0n) is 20.8. The van der Waals surface area contributed by atoms with E-state index >= 15 is 0 Å². The van der Waals surface area contributed by atoms with Gasteiger partial charge in [-0.1, -0.05) is 44.9 Å². The largest absolute Gasteiger partial charge is 0.341 e. The fraction of sp³-hybridized carbons (Fsp3) is 0.600. The van der Waals surface area contributed by atoms with Crippen molar-refractivity contribution in [3.63, 3.8) is 0 Å². The smallest absolute Gasteiger partial charge is 0.321 e. The van der Waals surface area contributed by atoms with E-state index in [0.717, 1.165) is 56.8 Å². The summed E-state index contributed by atoms with van der Waals surface area (Å²) in [6.45, 7) is 11.0. The Morgan fingerprint density at radius 1 is 1.30 bits per heavy atom. The Kier molecular flexibility index (Phi) is 11.3. The molecule has 0 aromatic heterocycles. The number of guanidine groups is 1. The van der Waals surface area contributed by atoms with Crippen molar-refractivity contribution in [1.29, 1.82) is 0 Å². The first-order valence-corrected chi connectivity index (χ1v) is 12.5. The number of aryl methyl sites for hydroxylation is 1. The second-order valence-electron chi connectivity index (χ2n) is 8.92. The summed E-state index contributed by atoms with van der Waals surface area (Å²) in [5.74, 6) is 1.78. The summed E-state index contributed by atoms with van der Waals surface area (Å²) in [6.07, 6.45) is 7.14. The number of urea groups is 1. The fourth-order valence-electron chi connectivity index (χ4n) is 3.94. The molecular weight excluding hydrogens is 432 g/mol. The van der Waals surface area contributed by atoms with Gasteiger partial charge in [-0.25, -0.2) is 9.79 Å². The van der Waals surface area contributed by atoms with Crippen LogP contribution >= 0.6 is 12.2 Å². The molecule has 0 bridgehead atoms. The highest BCUT2D eigenvalue weighted by molar-refractivity contribution is 7.80. The predicted octanol–water partition coefficient (Wildman–Crippen LogP) is 5.07. The zero-order chi connectivity index (χ0) is 24.2. The topological polar surface area (TPSA) is 81.1 Å². The normalized spacial score (nSPS) is 15.2. The minimum absolute atomic E-state index is 0.270. The number of piperidine rings is 1. The number of amides is 2. The van der Waals surface area contributed by atoms with Crippen molar-refractivity contribution in [2.45, 2.75) is 65.7 Å².